The molecule has 5 nitrogen and oxygen atoms in total. The molecule has 166 valence electrons. The van der Waals surface area contributed by atoms with Crippen molar-refractivity contribution in [2.75, 3.05) is 11.5 Å². The Hall–Kier alpha value is -3.38. The molecule has 0 saturated carbocycles. The lowest BCUT2D eigenvalue weighted by Crippen LogP contribution is -2.29. The normalized spacial score (nSPS) is 15.2. The molecule has 0 spiro atoms. The Morgan fingerprint density at radius 2 is 1.76 bits per heavy atom. The maximum atomic E-state index is 13.8. The van der Waals surface area contributed by atoms with Crippen LogP contribution in [0.25, 0.3) is 11.0 Å². The number of hydrogen-bond donors (Lipinski definition) is 0. The van der Waals surface area contributed by atoms with Gasteiger partial charge in [0.1, 0.15) is 11.3 Å². The summed E-state index contributed by atoms with van der Waals surface area (Å²) in [5.41, 5.74) is 4.04. The van der Waals surface area contributed by atoms with Crippen LogP contribution in [0.2, 0.25) is 0 Å². The van der Waals surface area contributed by atoms with E-state index >= 15 is 0 Å². The quantitative estimate of drug-likeness (QED) is 0.326. The molecule has 1 aliphatic rings. The Balaban J connectivity index is 1.81. The van der Waals surface area contributed by atoms with Crippen LogP contribution >= 0.6 is 15.9 Å². The van der Waals surface area contributed by atoms with E-state index in [0.29, 0.717) is 34.6 Å². The smallest absolute Gasteiger partial charge is 0.295 e. The zero-order valence-corrected chi connectivity index (χ0v) is 20.1. The number of benzene rings is 3. The lowest BCUT2D eigenvalue weighted by molar-refractivity contribution is 0.0971. The Morgan fingerprint density at radius 3 is 2.52 bits per heavy atom. The molecule has 0 saturated heterocycles. The van der Waals surface area contributed by atoms with E-state index in [4.69, 9.17) is 9.15 Å². The van der Waals surface area contributed by atoms with Crippen LogP contribution in [-0.4, -0.2) is 12.5 Å². The molecule has 0 radical (unpaired) electrons. The van der Waals surface area contributed by atoms with E-state index in [1.165, 1.54) is 0 Å². The zero-order chi connectivity index (χ0) is 23.3. The van der Waals surface area contributed by atoms with Gasteiger partial charge >= 0.3 is 0 Å². The molecule has 4 aromatic rings. The fraction of sp³-hybridized carbons (Fsp3) is 0.185. The van der Waals surface area contributed by atoms with Crippen molar-refractivity contribution in [3.63, 3.8) is 0 Å². The van der Waals surface area contributed by atoms with Gasteiger partial charge in [-0.3, -0.25) is 14.5 Å². The van der Waals surface area contributed by atoms with Crippen LogP contribution in [0, 0.1) is 13.8 Å². The molecule has 1 aromatic heterocycles. The van der Waals surface area contributed by atoms with Crippen LogP contribution in [0.15, 0.2) is 74.3 Å². The monoisotopic (exact) mass is 503 g/mol. The fourth-order valence-electron chi connectivity index (χ4n) is 4.38. The van der Waals surface area contributed by atoms with Gasteiger partial charge in [-0.1, -0.05) is 34.1 Å². The van der Waals surface area contributed by atoms with Gasteiger partial charge in [0.2, 0.25) is 5.76 Å². The molecule has 1 unspecified atom stereocenters. The highest BCUT2D eigenvalue weighted by Gasteiger charge is 2.43. The maximum absolute atomic E-state index is 13.8. The largest absolute Gasteiger partial charge is 0.494 e. The molecule has 2 heterocycles. The van der Waals surface area contributed by atoms with Gasteiger partial charge in [-0.25, -0.2) is 0 Å². The average molecular weight is 504 g/mol. The van der Waals surface area contributed by atoms with Crippen LogP contribution < -0.4 is 15.1 Å². The van der Waals surface area contributed by atoms with Crippen molar-refractivity contribution in [3.8, 4) is 5.75 Å². The van der Waals surface area contributed by atoms with E-state index in [1.807, 2.05) is 81.4 Å². The summed E-state index contributed by atoms with van der Waals surface area (Å²) in [6.07, 6.45) is 0. The van der Waals surface area contributed by atoms with Crippen LogP contribution in [0.1, 0.15) is 45.8 Å². The Labute approximate surface area is 199 Å². The van der Waals surface area contributed by atoms with Gasteiger partial charge in [0, 0.05) is 10.2 Å². The summed E-state index contributed by atoms with van der Waals surface area (Å²) in [6, 6.07) is 18.0. The van der Waals surface area contributed by atoms with E-state index in [2.05, 4.69) is 15.9 Å². The minimum absolute atomic E-state index is 0.0857. The van der Waals surface area contributed by atoms with Crippen LogP contribution in [0.4, 0.5) is 5.69 Å². The highest BCUT2D eigenvalue weighted by molar-refractivity contribution is 9.10. The van der Waals surface area contributed by atoms with Gasteiger partial charge in [0.25, 0.3) is 5.91 Å². The standard InChI is InChI=1S/C27H22BrNO4/c1-4-32-20-10-5-7-17(13-20)24-23-25(30)21-11-15(2)16(3)12-22(21)33-26(23)27(31)29(24)19-9-6-8-18(28)14-19/h5-14,24H,4H2,1-3H3. The number of fused-ring (bicyclic) bond motifs is 2. The molecule has 0 N–H and O–H groups in total. The van der Waals surface area contributed by atoms with Crippen molar-refractivity contribution in [3.05, 3.63) is 103 Å². The number of carbonyl (C=O) groups excluding carboxylic acids is 1. The average Bonchev–Trinajstić information content (AvgIpc) is 3.08. The van der Waals surface area contributed by atoms with Gasteiger partial charge in [-0.15, -0.1) is 0 Å². The van der Waals surface area contributed by atoms with Gasteiger partial charge in [-0.05, 0) is 79.9 Å². The second-order valence-corrected chi connectivity index (χ2v) is 9.09. The predicted molar refractivity (Wildman–Crippen MR) is 132 cm³/mol. The van der Waals surface area contributed by atoms with E-state index in [9.17, 15) is 9.59 Å². The first-order valence-electron chi connectivity index (χ1n) is 10.8. The van der Waals surface area contributed by atoms with E-state index < -0.39 is 6.04 Å². The molecule has 0 aliphatic carbocycles. The molecular weight excluding hydrogens is 482 g/mol. The summed E-state index contributed by atoms with van der Waals surface area (Å²) in [6.45, 7) is 6.35. The number of amides is 1. The number of nitrogens with zero attached hydrogens (tertiary/aromatic N) is 1. The number of hydrogen-bond acceptors (Lipinski definition) is 4. The number of carbonyl (C=O) groups is 1. The molecule has 1 aliphatic heterocycles. The lowest BCUT2D eigenvalue weighted by Gasteiger charge is -2.25. The number of rotatable bonds is 4. The Morgan fingerprint density at radius 1 is 1.00 bits per heavy atom. The zero-order valence-electron chi connectivity index (χ0n) is 18.5. The van der Waals surface area contributed by atoms with Gasteiger partial charge in [-0.2, -0.15) is 0 Å². The first-order valence-corrected chi connectivity index (χ1v) is 11.6. The molecule has 6 heteroatoms. The van der Waals surface area contributed by atoms with Crippen molar-refractivity contribution in [1.82, 2.24) is 0 Å². The minimum atomic E-state index is -0.635. The highest BCUT2D eigenvalue weighted by Crippen LogP contribution is 2.42. The number of ether oxygens (including phenoxy) is 1. The SMILES string of the molecule is CCOc1cccc(C2c3c(oc4cc(C)c(C)cc4c3=O)C(=O)N2c2cccc(Br)c2)c1. The molecule has 33 heavy (non-hydrogen) atoms. The van der Waals surface area contributed by atoms with Crippen molar-refractivity contribution in [2.45, 2.75) is 26.8 Å². The number of halogens is 1. The Kier molecular flexibility index (Phi) is 5.33. The van der Waals surface area contributed by atoms with E-state index in [0.717, 1.165) is 21.2 Å². The third-order valence-corrected chi connectivity index (χ3v) is 6.55. The summed E-state index contributed by atoms with van der Waals surface area (Å²) in [4.78, 5) is 29.1. The molecular formula is C27H22BrNO4. The first-order chi connectivity index (χ1) is 15.9. The third kappa shape index (κ3) is 3.55. The molecule has 3 aromatic carbocycles. The van der Waals surface area contributed by atoms with Crippen LogP contribution in [0.3, 0.4) is 0 Å². The second kappa shape index (κ2) is 8.19. The molecule has 0 bridgehead atoms. The maximum Gasteiger partial charge on any atom is 0.295 e. The van der Waals surface area contributed by atoms with Gasteiger partial charge < -0.3 is 9.15 Å². The van der Waals surface area contributed by atoms with Gasteiger partial charge in [0.15, 0.2) is 5.43 Å². The Bertz CT molecular complexity index is 1470. The molecule has 1 amide bonds. The molecule has 5 rings (SSSR count). The lowest BCUT2D eigenvalue weighted by atomic mass is 9.97. The van der Waals surface area contributed by atoms with Crippen LogP contribution in [0.5, 0.6) is 5.75 Å². The van der Waals surface area contributed by atoms with Crippen molar-refractivity contribution < 1.29 is 13.9 Å². The van der Waals surface area contributed by atoms with Crippen molar-refractivity contribution in [2.24, 2.45) is 0 Å². The highest BCUT2D eigenvalue weighted by atomic mass is 79.9. The third-order valence-electron chi connectivity index (χ3n) is 6.06. The summed E-state index contributed by atoms with van der Waals surface area (Å²) in [5.74, 6) is 0.427. The minimum Gasteiger partial charge on any atom is -0.494 e. The summed E-state index contributed by atoms with van der Waals surface area (Å²) in [5, 5.41) is 0.478. The van der Waals surface area contributed by atoms with E-state index in [-0.39, 0.29) is 17.1 Å². The summed E-state index contributed by atoms with van der Waals surface area (Å²) >= 11 is 3.50. The van der Waals surface area contributed by atoms with Crippen molar-refractivity contribution in [1.29, 1.82) is 0 Å². The fourth-order valence-corrected chi connectivity index (χ4v) is 4.76. The number of aryl methyl sites for hydroxylation is 2. The second-order valence-electron chi connectivity index (χ2n) is 8.17. The van der Waals surface area contributed by atoms with Gasteiger partial charge in [0.05, 0.1) is 23.6 Å². The topological polar surface area (TPSA) is 59.8 Å². The van der Waals surface area contributed by atoms with Crippen LogP contribution in [-0.2, 0) is 0 Å². The summed E-state index contributed by atoms with van der Waals surface area (Å²) < 4.78 is 12.6. The summed E-state index contributed by atoms with van der Waals surface area (Å²) in [7, 11) is 0. The van der Waals surface area contributed by atoms with Crippen molar-refractivity contribution >= 4 is 38.5 Å². The molecule has 1 atom stereocenters. The first kappa shape index (κ1) is 21.5. The molecule has 0 fully saturated rings. The number of anilines is 1. The predicted octanol–water partition coefficient (Wildman–Crippen LogP) is 6.32. The van der Waals surface area contributed by atoms with E-state index in [1.54, 1.807) is 4.90 Å².